The Balaban J connectivity index is 0.00000220. The van der Waals surface area contributed by atoms with Gasteiger partial charge in [0.05, 0.1) is 6.10 Å². The van der Waals surface area contributed by atoms with Crippen molar-refractivity contribution >= 4 is 18.3 Å². The molecule has 0 radical (unpaired) electrons. The highest BCUT2D eigenvalue weighted by molar-refractivity contribution is 5.85. The van der Waals surface area contributed by atoms with Crippen LogP contribution in [0.4, 0.5) is 0 Å². The molecule has 4 nitrogen and oxygen atoms in total. The van der Waals surface area contributed by atoms with Gasteiger partial charge in [0.1, 0.15) is 0 Å². The van der Waals surface area contributed by atoms with Crippen molar-refractivity contribution in [2.45, 2.75) is 37.8 Å². The number of halogens is 1. The lowest BCUT2D eigenvalue weighted by molar-refractivity contribution is -0.126. The second kappa shape index (κ2) is 9.03. The van der Waals surface area contributed by atoms with Crippen LogP contribution in [-0.4, -0.2) is 25.6 Å². The molecule has 1 aliphatic carbocycles. The van der Waals surface area contributed by atoms with Crippen molar-refractivity contribution in [1.29, 1.82) is 0 Å². The van der Waals surface area contributed by atoms with Gasteiger partial charge in [-0.1, -0.05) is 36.8 Å². The van der Waals surface area contributed by atoms with E-state index in [0.29, 0.717) is 6.54 Å². The third-order valence-electron chi connectivity index (χ3n) is 4.00. The van der Waals surface area contributed by atoms with Gasteiger partial charge in [0.15, 0.2) is 0 Å². The van der Waals surface area contributed by atoms with Gasteiger partial charge in [-0.05, 0) is 24.8 Å². The number of methoxy groups -OCH3 is 1. The first kappa shape index (κ1) is 18.0. The summed E-state index contributed by atoms with van der Waals surface area (Å²) in [5, 5.41) is 3.00. The van der Waals surface area contributed by atoms with E-state index in [9.17, 15) is 4.79 Å². The summed E-state index contributed by atoms with van der Waals surface area (Å²) in [5.74, 6) is 0.171. The second-order valence-electron chi connectivity index (χ2n) is 5.50. The van der Waals surface area contributed by atoms with E-state index in [4.69, 9.17) is 10.5 Å². The Morgan fingerprint density at radius 2 is 2.10 bits per heavy atom. The van der Waals surface area contributed by atoms with Crippen LogP contribution in [0.25, 0.3) is 0 Å². The third kappa shape index (κ3) is 5.30. The molecule has 3 unspecified atom stereocenters. The first-order chi connectivity index (χ1) is 9.70. The monoisotopic (exact) mass is 312 g/mol. The molecule has 21 heavy (non-hydrogen) atoms. The molecule has 1 fully saturated rings. The van der Waals surface area contributed by atoms with Crippen molar-refractivity contribution in [3.8, 4) is 0 Å². The van der Waals surface area contributed by atoms with E-state index in [2.05, 4.69) is 5.32 Å². The Morgan fingerprint density at radius 3 is 2.71 bits per heavy atom. The van der Waals surface area contributed by atoms with Gasteiger partial charge in [0.25, 0.3) is 0 Å². The maximum atomic E-state index is 12.2. The van der Waals surface area contributed by atoms with Crippen LogP contribution < -0.4 is 11.1 Å². The SMILES string of the molecule is COC(CNC(=O)C1CCCC(N)C1)c1ccccc1.Cl. The van der Waals surface area contributed by atoms with Crippen LogP contribution >= 0.6 is 12.4 Å². The number of carbonyl (C=O) groups is 1. The number of hydrogen-bond donors (Lipinski definition) is 2. The summed E-state index contributed by atoms with van der Waals surface area (Å²) in [6, 6.07) is 10.1. The molecular formula is C16H25ClN2O2. The van der Waals surface area contributed by atoms with Crippen molar-refractivity contribution in [2.75, 3.05) is 13.7 Å². The Bertz CT molecular complexity index is 428. The quantitative estimate of drug-likeness (QED) is 0.877. The Kier molecular flexibility index (Phi) is 7.72. The number of benzene rings is 1. The minimum Gasteiger partial charge on any atom is -0.375 e. The zero-order valence-corrected chi connectivity index (χ0v) is 13.3. The van der Waals surface area contributed by atoms with Crippen molar-refractivity contribution in [3.05, 3.63) is 35.9 Å². The molecule has 1 aromatic carbocycles. The lowest BCUT2D eigenvalue weighted by Crippen LogP contribution is -2.39. The average Bonchev–Trinajstić information content (AvgIpc) is 2.49. The van der Waals surface area contributed by atoms with Crippen LogP contribution in [0.3, 0.4) is 0 Å². The summed E-state index contributed by atoms with van der Waals surface area (Å²) in [5.41, 5.74) is 7.01. The predicted octanol–water partition coefficient (Wildman–Crippen LogP) is 2.43. The molecule has 118 valence electrons. The van der Waals surface area contributed by atoms with Gasteiger partial charge >= 0.3 is 0 Å². The van der Waals surface area contributed by atoms with Crippen molar-refractivity contribution in [1.82, 2.24) is 5.32 Å². The summed E-state index contributed by atoms with van der Waals surface area (Å²) in [6.07, 6.45) is 3.73. The smallest absolute Gasteiger partial charge is 0.223 e. The highest BCUT2D eigenvalue weighted by Crippen LogP contribution is 2.23. The molecule has 2 rings (SSSR count). The van der Waals surface area contributed by atoms with Crippen molar-refractivity contribution in [3.63, 3.8) is 0 Å². The molecule has 3 N–H and O–H groups in total. The fourth-order valence-corrected chi connectivity index (χ4v) is 2.81. The van der Waals surface area contributed by atoms with Gasteiger partial charge in [-0.15, -0.1) is 12.4 Å². The summed E-state index contributed by atoms with van der Waals surface area (Å²) in [4.78, 5) is 12.2. The Labute approximate surface area is 132 Å². The molecule has 0 bridgehead atoms. The number of hydrogen-bond acceptors (Lipinski definition) is 3. The fourth-order valence-electron chi connectivity index (χ4n) is 2.81. The molecule has 1 aromatic rings. The van der Waals surface area contributed by atoms with Crippen LogP contribution in [0.1, 0.15) is 37.4 Å². The number of rotatable bonds is 5. The Hall–Kier alpha value is -1.10. The van der Waals surface area contributed by atoms with Crippen molar-refractivity contribution in [2.24, 2.45) is 11.7 Å². The molecular weight excluding hydrogens is 288 g/mol. The molecule has 1 aliphatic rings. The van der Waals surface area contributed by atoms with Gasteiger partial charge in [0, 0.05) is 25.6 Å². The number of amides is 1. The molecule has 1 saturated carbocycles. The van der Waals surface area contributed by atoms with Gasteiger partial charge in [0.2, 0.25) is 5.91 Å². The molecule has 0 saturated heterocycles. The van der Waals surface area contributed by atoms with Gasteiger partial charge in [-0.25, -0.2) is 0 Å². The topological polar surface area (TPSA) is 64.3 Å². The number of carbonyl (C=O) groups excluding carboxylic acids is 1. The number of nitrogens with one attached hydrogen (secondary N) is 1. The summed E-state index contributed by atoms with van der Waals surface area (Å²) >= 11 is 0. The van der Waals surface area contributed by atoms with E-state index < -0.39 is 0 Å². The van der Waals surface area contributed by atoms with Gasteiger partial charge in [-0.2, -0.15) is 0 Å². The lowest BCUT2D eigenvalue weighted by atomic mass is 9.85. The van der Waals surface area contributed by atoms with Gasteiger partial charge in [-0.3, -0.25) is 4.79 Å². The maximum absolute atomic E-state index is 12.2. The van der Waals surface area contributed by atoms with E-state index in [0.717, 1.165) is 31.2 Å². The van der Waals surface area contributed by atoms with Crippen LogP contribution in [0.15, 0.2) is 30.3 Å². The van der Waals surface area contributed by atoms with Crippen LogP contribution in [0.2, 0.25) is 0 Å². The van der Waals surface area contributed by atoms with E-state index in [1.807, 2.05) is 30.3 Å². The Morgan fingerprint density at radius 1 is 1.38 bits per heavy atom. The highest BCUT2D eigenvalue weighted by Gasteiger charge is 2.25. The average molecular weight is 313 g/mol. The minimum atomic E-state index is -0.0996. The molecule has 1 amide bonds. The van der Waals surface area contributed by atoms with Crippen LogP contribution in [-0.2, 0) is 9.53 Å². The summed E-state index contributed by atoms with van der Waals surface area (Å²) in [7, 11) is 1.67. The summed E-state index contributed by atoms with van der Waals surface area (Å²) < 4.78 is 5.46. The first-order valence-corrected chi connectivity index (χ1v) is 7.31. The van der Waals surface area contributed by atoms with E-state index in [1.54, 1.807) is 7.11 Å². The molecule has 0 heterocycles. The molecule has 0 aliphatic heterocycles. The molecule has 3 atom stereocenters. The normalized spacial score (nSPS) is 23.0. The molecule has 0 spiro atoms. The van der Waals surface area contributed by atoms with E-state index in [-0.39, 0.29) is 36.4 Å². The number of nitrogens with two attached hydrogens (primary N) is 1. The fraction of sp³-hybridized carbons (Fsp3) is 0.562. The van der Waals surface area contributed by atoms with E-state index >= 15 is 0 Å². The molecule has 0 aromatic heterocycles. The zero-order valence-electron chi connectivity index (χ0n) is 12.5. The molecule has 5 heteroatoms. The minimum absolute atomic E-state index is 0. The summed E-state index contributed by atoms with van der Waals surface area (Å²) in [6.45, 7) is 0.505. The second-order valence-corrected chi connectivity index (χ2v) is 5.50. The lowest BCUT2D eigenvalue weighted by Gasteiger charge is -2.26. The third-order valence-corrected chi connectivity index (χ3v) is 4.00. The zero-order chi connectivity index (χ0) is 14.4. The van der Waals surface area contributed by atoms with Crippen LogP contribution in [0, 0.1) is 5.92 Å². The van der Waals surface area contributed by atoms with Crippen molar-refractivity contribution < 1.29 is 9.53 Å². The van der Waals surface area contributed by atoms with Crippen LogP contribution in [0.5, 0.6) is 0 Å². The standard InChI is InChI=1S/C16H24N2O2.ClH/c1-20-15(12-6-3-2-4-7-12)11-18-16(19)13-8-5-9-14(17)10-13;/h2-4,6-7,13-15H,5,8-11,17H2,1H3,(H,18,19);1H. The highest BCUT2D eigenvalue weighted by atomic mass is 35.5. The largest absolute Gasteiger partial charge is 0.375 e. The van der Waals surface area contributed by atoms with Gasteiger partial charge < -0.3 is 15.8 Å². The van der Waals surface area contributed by atoms with E-state index in [1.165, 1.54) is 0 Å². The number of ether oxygens (including phenoxy) is 1. The maximum Gasteiger partial charge on any atom is 0.223 e. The first-order valence-electron chi connectivity index (χ1n) is 7.31. The predicted molar refractivity (Wildman–Crippen MR) is 86.4 cm³/mol.